The summed E-state index contributed by atoms with van der Waals surface area (Å²) < 4.78 is 16.0. The molecule has 0 saturated carbocycles. The van der Waals surface area contributed by atoms with Crippen molar-refractivity contribution >= 4 is 5.91 Å². The van der Waals surface area contributed by atoms with Gasteiger partial charge in [0.25, 0.3) is 0 Å². The molecule has 1 saturated heterocycles. The summed E-state index contributed by atoms with van der Waals surface area (Å²) in [5.74, 6) is 1.46. The number of benzene rings is 1. The van der Waals surface area contributed by atoms with Crippen LogP contribution in [0.25, 0.3) is 0 Å². The number of nitrogens with one attached hydrogen (secondary N) is 1. The van der Waals surface area contributed by atoms with Gasteiger partial charge in [0, 0.05) is 19.8 Å². The van der Waals surface area contributed by atoms with Crippen LogP contribution in [0.15, 0.2) is 18.2 Å². The van der Waals surface area contributed by atoms with Gasteiger partial charge < -0.3 is 25.3 Å². The standard InChI is InChI=1S/C16H22N2O4/c1-11(12-2-3-13-14(8-12)22-10-21-13)18-15(19)16(9-17)4-6-20-7-5-16/h2-3,8,11H,4-7,9-10,17H2,1H3,(H,18,19). The van der Waals surface area contributed by atoms with E-state index >= 15 is 0 Å². The van der Waals surface area contributed by atoms with Gasteiger partial charge >= 0.3 is 0 Å². The molecule has 2 heterocycles. The van der Waals surface area contributed by atoms with Crippen LogP contribution in [0.1, 0.15) is 31.4 Å². The number of amides is 1. The average Bonchev–Trinajstić information content (AvgIpc) is 3.02. The largest absolute Gasteiger partial charge is 0.454 e. The molecule has 120 valence electrons. The molecule has 0 radical (unpaired) electrons. The maximum atomic E-state index is 12.7. The molecule has 1 atom stereocenters. The summed E-state index contributed by atoms with van der Waals surface area (Å²) in [4.78, 5) is 12.7. The van der Waals surface area contributed by atoms with Crippen molar-refractivity contribution < 1.29 is 19.0 Å². The predicted octanol–water partition coefficient (Wildman–Crippen LogP) is 1.35. The molecule has 1 aromatic rings. The number of carbonyl (C=O) groups is 1. The zero-order valence-electron chi connectivity index (χ0n) is 12.8. The van der Waals surface area contributed by atoms with Gasteiger partial charge in [-0.2, -0.15) is 0 Å². The van der Waals surface area contributed by atoms with Gasteiger partial charge in [0.1, 0.15) is 0 Å². The van der Waals surface area contributed by atoms with Crippen molar-refractivity contribution in [3.05, 3.63) is 23.8 Å². The zero-order chi connectivity index (χ0) is 15.6. The summed E-state index contributed by atoms with van der Waals surface area (Å²) >= 11 is 0. The number of ether oxygens (including phenoxy) is 3. The molecule has 1 unspecified atom stereocenters. The highest BCUT2D eigenvalue weighted by atomic mass is 16.7. The van der Waals surface area contributed by atoms with Gasteiger partial charge in [-0.15, -0.1) is 0 Å². The Balaban J connectivity index is 1.70. The molecule has 1 aromatic carbocycles. The highest BCUT2D eigenvalue weighted by Crippen LogP contribution is 2.35. The third kappa shape index (κ3) is 2.76. The minimum Gasteiger partial charge on any atom is -0.454 e. The van der Waals surface area contributed by atoms with Crippen LogP contribution in [0, 0.1) is 5.41 Å². The third-order valence-electron chi connectivity index (χ3n) is 4.57. The second-order valence-corrected chi connectivity index (χ2v) is 5.90. The molecule has 0 aliphatic carbocycles. The van der Waals surface area contributed by atoms with Gasteiger partial charge in [0.15, 0.2) is 11.5 Å². The summed E-state index contributed by atoms with van der Waals surface area (Å²) in [7, 11) is 0. The van der Waals surface area contributed by atoms with Gasteiger partial charge in [0.05, 0.1) is 11.5 Å². The van der Waals surface area contributed by atoms with E-state index in [0.29, 0.717) is 32.6 Å². The molecule has 3 N–H and O–H groups in total. The normalized spacial score (nSPS) is 20.5. The molecule has 0 aromatic heterocycles. The Morgan fingerprint density at radius 1 is 1.32 bits per heavy atom. The van der Waals surface area contributed by atoms with Crippen molar-refractivity contribution in [3.8, 4) is 11.5 Å². The number of carbonyl (C=O) groups excluding carboxylic acids is 1. The van der Waals surface area contributed by atoms with Gasteiger partial charge in [-0.3, -0.25) is 4.79 Å². The zero-order valence-corrected chi connectivity index (χ0v) is 12.8. The van der Waals surface area contributed by atoms with Crippen molar-refractivity contribution in [2.45, 2.75) is 25.8 Å². The molecule has 0 spiro atoms. The van der Waals surface area contributed by atoms with Crippen molar-refractivity contribution in [1.82, 2.24) is 5.32 Å². The van der Waals surface area contributed by atoms with E-state index in [2.05, 4.69) is 5.32 Å². The lowest BCUT2D eigenvalue weighted by molar-refractivity contribution is -0.136. The lowest BCUT2D eigenvalue weighted by Crippen LogP contribution is -2.49. The van der Waals surface area contributed by atoms with Crippen molar-refractivity contribution in [2.24, 2.45) is 11.1 Å². The predicted molar refractivity (Wildman–Crippen MR) is 80.7 cm³/mol. The molecule has 2 aliphatic rings. The molecular weight excluding hydrogens is 284 g/mol. The van der Waals surface area contributed by atoms with Gasteiger partial charge in [-0.25, -0.2) is 0 Å². The maximum absolute atomic E-state index is 12.7. The minimum atomic E-state index is -0.511. The van der Waals surface area contributed by atoms with Crippen LogP contribution >= 0.6 is 0 Å². The molecule has 22 heavy (non-hydrogen) atoms. The van der Waals surface area contributed by atoms with Crippen LogP contribution in [0.4, 0.5) is 0 Å². The first-order chi connectivity index (χ1) is 10.6. The fraction of sp³-hybridized carbons (Fsp3) is 0.562. The van der Waals surface area contributed by atoms with Crippen LogP contribution in [0.3, 0.4) is 0 Å². The minimum absolute atomic E-state index is 0.00321. The molecule has 6 heteroatoms. The van der Waals surface area contributed by atoms with E-state index < -0.39 is 5.41 Å². The van der Waals surface area contributed by atoms with Crippen molar-refractivity contribution in [1.29, 1.82) is 0 Å². The molecule has 3 rings (SSSR count). The molecule has 0 bridgehead atoms. The van der Waals surface area contributed by atoms with E-state index in [-0.39, 0.29) is 18.7 Å². The lowest BCUT2D eigenvalue weighted by Gasteiger charge is -2.35. The summed E-state index contributed by atoms with van der Waals surface area (Å²) in [6.07, 6.45) is 1.34. The third-order valence-corrected chi connectivity index (χ3v) is 4.57. The maximum Gasteiger partial charge on any atom is 0.231 e. The fourth-order valence-electron chi connectivity index (χ4n) is 2.90. The Morgan fingerprint density at radius 3 is 2.77 bits per heavy atom. The monoisotopic (exact) mass is 306 g/mol. The van der Waals surface area contributed by atoms with Crippen LogP contribution in [0.5, 0.6) is 11.5 Å². The molecule has 1 fully saturated rings. The first kappa shape index (κ1) is 15.1. The first-order valence-corrected chi connectivity index (χ1v) is 7.63. The van der Waals surface area contributed by atoms with Crippen molar-refractivity contribution in [2.75, 3.05) is 26.6 Å². The van der Waals surface area contributed by atoms with Gasteiger partial charge in [0.2, 0.25) is 12.7 Å². The average molecular weight is 306 g/mol. The lowest BCUT2D eigenvalue weighted by atomic mass is 9.79. The molecular formula is C16H22N2O4. The Kier molecular flexibility index (Phi) is 4.22. The topological polar surface area (TPSA) is 82.8 Å². The summed E-state index contributed by atoms with van der Waals surface area (Å²) in [6, 6.07) is 5.60. The van der Waals surface area contributed by atoms with Crippen LogP contribution in [-0.2, 0) is 9.53 Å². The van der Waals surface area contributed by atoms with E-state index in [9.17, 15) is 4.79 Å². The van der Waals surface area contributed by atoms with E-state index in [1.54, 1.807) is 0 Å². The Bertz CT molecular complexity index is 555. The smallest absolute Gasteiger partial charge is 0.231 e. The van der Waals surface area contributed by atoms with Gasteiger partial charge in [-0.05, 0) is 37.5 Å². The second kappa shape index (κ2) is 6.14. The molecule has 6 nitrogen and oxygen atoms in total. The Hall–Kier alpha value is -1.79. The van der Waals surface area contributed by atoms with E-state index in [1.165, 1.54) is 0 Å². The molecule has 2 aliphatic heterocycles. The first-order valence-electron chi connectivity index (χ1n) is 7.63. The number of hydrogen-bond acceptors (Lipinski definition) is 5. The van der Waals surface area contributed by atoms with Crippen LogP contribution < -0.4 is 20.5 Å². The summed E-state index contributed by atoms with van der Waals surface area (Å²) in [5, 5.41) is 3.08. The summed E-state index contributed by atoms with van der Waals surface area (Å²) in [6.45, 7) is 3.72. The highest BCUT2D eigenvalue weighted by Gasteiger charge is 2.39. The SMILES string of the molecule is CC(NC(=O)C1(CN)CCOCC1)c1ccc2c(c1)OCO2. The van der Waals surface area contributed by atoms with Crippen LogP contribution in [-0.4, -0.2) is 32.5 Å². The highest BCUT2D eigenvalue weighted by molar-refractivity contribution is 5.83. The number of nitrogens with two attached hydrogens (primary N) is 1. The number of rotatable bonds is 4. The number of hydrogen-bond donors (Lipinski definition) is 2. The van der Waals surface area contributed by atoms with E-state index in [1.807, 2.05) is 25.1 Å². The second-order valence-electron chi connectivity index (χ2n) is 5.90. The van der Waals surface area contributed by atoms with E-state index in [0.717, 1.165) is 17.1 Å². The quantitative estimate of drug-likeness (QED) is 0.877. The van der Waals surface area contributed by atoms with E-state index in [4.69, 9.17) is 19.9 Å². The fourth-order valence-corrected chi connectivity index (χ4v) is 2.90. The Labute approximate surface area is 129 Å². The summed E-state index contributed by atoms with van der Waals surface area (Å²) in [5.41, 5.74) is 6.35. The van der Waals surface area contributed by atoms with Crippen LogP contribution in [0.2, 0.25) is 0 Å². The number of fused-ring (bicyclic) bond motifs is 1. The van der Waals surface area contributed by atoms with Crippen molar-refractivity contribution in [3.63, 3.8) is 0 Å². The van der Waals surface area contributed by atoms with Gasteiger partial charge in [-0.1, -0.05) is 6.07 Å². The Morgan fingerprint density at radius 2 is 2.05 bits per heavy atom. The molecule has 1 amide bonds.